The second-order valence-corrected chi connectivity index (χ2v) is 0. The summed E-state index contributed by atoms with van der Waals surface area (Å²) in [7, 11) is 0. The van der Waals surface area contributed by atoms with Crippen LogP contribution in [0.1, 0.15) is 0 Å². The Morgan fingerprint density at radius 2 is 0.111 bits per heavy atom. The van der Waals surface area contributed by atoms with Gasteiger partial charge in [0.2, 0.25) is 0 Å². The van der Waals surface area contributed by atoms with Crippen LogP contribution in [0.4, 0.5) is 0 Å². The topological polar surface area (TPSA) is 0 Å². The predicted octanol–water partition coefficient (Wildman–Crippen LogP) is -15.1. The van der Waals surface area contributed by atoms with Crippen molar-refractivity contribution in [2.75, 3.05) is 0 Å². The lowest BCUT2D eigenvalue weighted by molar-refractivity contribution is 5.75. The Balaban J connectivity index is 0. The van der Waals surface area contributed by atoms with Gasteiger partial charge >= 0.3 is 0 Å². The monoisotopic (exact) mass is 352 g/mol. The molecule has 0 amide bonds. The lowest BCUT2D eigenvalue weighted by Gasteiger charge is -0.154. The van der Waals surface area contributed by atoms with E-state index >= 15 is 0 Å². The highest BCUT2D eigenvalue weighted by Gasteiger charge is 0.0937. The molecule has 18 heavy (non-hydrogen) atoms. The fraction of sp³-hybridized carbons (Fsp3) is 0. The summed E-state index contributed by atoms with van der Waals surface area (Å²) in [6.45, 7) is 0. The summed E-state index contributed by atoms with van der Waals surface area (Å²) < 4.78 is 0. The molecule has 18 heteroatoms. The average Bonchev–Trinajstić information content (AvgIpc) is 0. The van der Waals surface area contributed by atoms with E-state index in [1.165, 1.54) is 0 Å². The first-order valence-corrected chi connectivity index (χ1v) is 0. The van der Waals surface area contributed by atoms with Crippen LogP contribution in [-0.2, 0) is 0 Å². The van der Waals surface area contributed by atoms with Gasteiger partial charge in [0.15, 0.2) is 0 Å². The molecule has 0 aromatic rings. The maximum atomic E-state index is 0. The van der Waals surface area contributed by atoms with Crippen LogP contribution in [0, 0.1) is 0 Å². The normalized spacial score (nSPS) is 0. The average molecular weight is 350 g/mol. The standard InChI is InChI=1S/13BH3.5H3P/h18*1H3. The van der Waals surface area contributed by atoms with Crippen molar-refractivity contribution < 1.29 is 0 Å². The van der Waals surface area contributed by atoms with Gasteiger partial charge in [0.25, 0.3) is 0 Å². The van der Waals surface area contributed by atoms with Crippen LogP contribution >= 0.6 is 49.5 Å². The van der Waals surface area contributed by atoms with Gasteiger partial charge in [0, 0.05) is 0 Å². The van der Waals surface area contributed by atoms with E-state index in [9.17, 15) is 0 Å². The molecule has 0 aromatic carbocycles. The number of hydrogen-bond acceptors (Lipinski definition) is 0. The molecule has 0 bridgehead atoms. The molecular formula is H54B13P5. The van der Waals surface area contributed by atoms with E-state index in [0.29, 0.717) is 0 Å². The summed E-state index contributed by atoms with van der Waals surface area (Å²) in [4.78, 5) is 0. The van der Waals surface area contributed by atoms with Gasteiger partial charge in [-0.3, -0.25) is 0 Å². The van der Waals surface area contributed by atoms with E-state index in [1.807, 2.05) is 0 Å². The molecule has 0 saturated carbocycles. The summed E-state index contributed by atoms with van der Waals surface area (Å²) in [5.41, 5.74) is 0. The first kappa shape index (κ1) is 936. The third kappa shape index (κ3) is 686. The summed E-state index contributed by atoms with van der Waals surface area (Å²) in [6, 6.07) is 0. The van der Waals surface area contributed by atoms with Crippen molar-refractivity contribution in [2.45, 2.75) is 0 Å². The molecule has 0 aliphatic rings. The molecule has 0 saturated heterocycles. The molecule has 0 rings (SSSR count). The van der Waals surface area contributed by atoms with Crippen LogP contribution in [0.2, 0.25) is 0 Å². The van der Waals surface area contributed by atoms with E-state index in [0.717, 1.165) is 0 Å². The third-order valence-corrected chi connectivity index (χ3v) is 0. The van der Waals surface area contributed by atoms with E-state index < -0.39 is 0 Å². The highest BCUT2D eigenvalue weighted by atomic mass is 31.0. The summed E-state index contributed by atoms with van der Waals surface area (Å²) in [6.07, 6.45) is 0. The van der Waals surface area contributed by atoms with Crippen molar-refractivity contribution >= 4 is 159 Å². The largest absolute Gasteiger partial charge is 0.153 e. The highest BCUT2D eigenvalue weighted by molar-refractivity contribution is 6.92. The minimum absolute atomic E-state index is 0. The Morgan fingerprint density at radius 1 is 0.111 bits per heavy atom. The minimum Gasteiger partial charge on any atom is -0.153 e. The maximum absolute atomic E-state index is 0. The number of rotatable bonds is 0. The Hall–Kier alpha value is 2.99. The van der Waals surface area contributed by atoms with Crippen LogP contribution < -0.4 is 0 Å². The third-order valence-electron chi connectivity index (χ3n) is 0. The van der Waals surface area contributed by atoms with Gasteiger partial charge in [-0.05, 0) is 0 Å². The van der Waals surface area contributed by atoms with Crippen LogP contribution in [0.3, 0.4) is 0 Å². The zero-order chi connectivity index (χ0) is 0. The zero-order valence-electron chi connectivity index (χ0n) is 3.54. The van der Waals surface area contributed by atoms with Crippen molar-refractivity contribution in [3.8, 4) is 0 Å². The zero-order valence-corrected chi connectivity index (χ0v) is 10.6. The van der Waals surface area contributed by atoms with Gasteiger partial charge in [-0.15, -0.1) is 0 Å². The van der Waals surface area contributed by atoms with Crippen LogP contribution in [-0.4, -0.2) is 109 Å². The van der Waals surface area contributed by atoms with E-state index in [1.54, 1.807) is 0 Å². The first-order chi connectivity index (χ1) is 0. The first-order valence-electron chi connectivity index (χ1n) is 0. The second-order valence-electron chi connectivity index (χ2n) is 0. The molecule has 0 heterocycles. The summed E-state index contributed by atoms with van der Waals surface area (Å²) in [5.74, 6) is 0. The van der Waals surface area contributed by atoms with Crippen molar-refractivity contribution in [3.63, 3.8) is 0 Å². The molecule has 0 aromatic heterocycles. The molecule has 0 fully saturated rings. The Kier molecular flexibility index (Phi) is 41800. The van der Waals surface area contributed by atoms with Crippen LogP contribution in [0.25, 0.3) is 0 Å². The predicted molar refractivity (Wildman–Crippen MR) is 185 cm³/mol. The molecule has 0 radical (unpaired) electrons. The SMILES string of the molecule is B.B.B.B.B.B.B.B.B.B.B.B.B.P.P.P.P.P. The van der Waals surface area contributed by atoms with E-state index in [-0.39, 0.29) is 159 Å². The lowest BCUT2D eigenvalue weighted by Crippen LogP contribution is -0.382. The highest BCUT2D eigenvalue weighted by Crippen LogP contribution is 0.865. The van der Waals surface area contributed by atoms with Gasteiger partial charge < -0.3 is 0 Å². The molecule has 0 aliphatic carbocycles. The quantitative estimate of drug-likeness (QED) is 0.301. The van der Waals surface area contributed by atoms with Crippen LogP contribution in [0.15, 0.2) is 0 Å². The molecule has 0 nitrogen and oxygen atoms in total. The van der Waals surface area contributed by atoms with Gasteiger partial charge in [0.05, 0.1) is 109 Å². The molecular weight excluding hydrogens is 295 g/mol. The molecule has 5 unspecified atom stereocenters. The smallest absolute Gasteiger partial charge is 0.0814 e. The maximum Gasteiger partial charge on any atom is 0.0814 e. The van der Waals surface area contributed by atoms with Crippen molar-refractivity contribution in [3.05, 3.63) is 0 Å². The molecule has 0 spiro atoms. The Morgan fingerprint density at radius 3 is 0.111 bits per heavy atom. The van der Waals surface area contributed by atoms with Crippen molar-refractivity contribution in [1.29, 1.82) is 0 Å². The van der Waals surface area contributed by atoms with Gasteiger partial charge in [-0.1, -0.05) is 0 Å². The lowest BCUT2D eigenvalue weighted by atomic mass is 10.8. The second kappa shape index (κ2) is 805. The molecule has 0 aliphatic heterocycles. The molecule has 0 N–H and O–H groups in total. The van der Waals surface area contributed by atoms with Crippen molar-refractivity contribution in [2.24, 2.45) is 0 Å². The van der Waals surface area contributed by atoms with Gasteiger partial charge in [-0.25, -0.2) is 0 Å². The minimum atomic E-state index is 0. The summed E-state index contributed by atoms with van der Waals surface area (Å²) >= 11 is 0. The van der Waals surface area contributed by atoms with Crippen molar-refractivity contribution in [1.82, 2.24) is 0 Å². The fourth-order valence-corrected chi connectivity index (χ4v) is 0. The van der Waals surface area contributed by atoms with Gasteiger partial charge in [0.1, 0.15) is 0 Å². The molecule has 118 valence electrons. The Bertz CT molecular complexity index is 15.3. The molecule has 5 atom stereocenters. The summed E-state index contributed by atoms with van der Waals surface area (Å²) in [5, 5.41) is 0. The number of hydrogen-bond donors (Lipinski definition) is 0. The van der Waals surface area contributed by atoms with E-state index in [2.05, 4.69) is 0 Å². The van der Waals surface area contributed by atoms with Gasteiger partial charge in [-0.2, -0.15) is 49.5 Å². The van der Waals surface area contributed by atoms with Crippen LogP contribution in [0.5, 0.6) is 0 Å². The fourth-order valence-electron chi connectivity index (χ4n) is 0. The van der Waals surface area contributed by atoms with E-state index in [4.69, 9.17) is 0 Å². The Labute approximate surface area is 158 Å².